The first-order valence-electron chi connectivity index (χ1n) is 8.07. The van der Waals surface area contributed by atoms with E-state index in [0.717, 1.165) is 5.57 Å². The predicted octanol–water partition coefficient (Wildman–Crippen LogP) is 3.43. The zero-order valence-corrected chi connectivity index (χ0v) is 15.9. The summed E-state index contributed by atoms with van der Waals surface area (Å²) >= 11 is 0. The highest BCUT2D eigenvalue weighted by molar-refractivity contribution is 7.94. The maximum absolute atomic E-state index is 12.4. The molecule has 0 unspecified atom stereocenters. The molecular formula is C18H26N2O4S. The Hall–Kier alpha value is -2.28. The molecule has 0 spiro atoms. The second-order valence-corrected chi connectivity index (χ2v) is 7.41. The van der Waals surface area contributed by atoms with Crippen LogP contribution in [0.4, 0.5) is 4.79 Å². The molecule has 0 aliphatic carbocycles. The molecule has 0 aliphatic heterocycles. The van der Waals surface area contributed by atoms with Crippen molar-refractivity contribution in [1.29, 1.82) is 0 Å². The Balaban J connectivity index is 2.81. The number of hydrogen-bond acceptors (Lipinski definition) is 4. The van der Waals surface area contributed by atoms with Crippen LogP contribution in [0.25, 0.3) is 6.08 Å². The molecule has 0 saturated heterocycles. The number of methoxy groups -OCH3 is 1. The first-order chi connectivity index (χ1) is 11.8. The van der Waals surface area contributed by atoms with Gasteiger partial charge in [0, 0.05) is 6.54 Å². The number of benzene rings is 1. The van der Waals surface area contributed by atoms with Gasteiger partial charge in [-0.25, -0.2) is 17.9 Å². The Kier molecular flexibility index (Phi) is 8.21. The number of carbonyl (C=O) groups excluding carboxylic acids is 1. The molecule has 1 rings (SSSR count). The molecule has 0 atom stereocenters. The average molecular weight is 366 g/mol. The van der Waals surface area contributed by atoms with Crippen molar-refractivity contribution in [3.8, 4) is 5.75 Å². The number of carbonyl (C=O) groups is 1. The van der Waals surface area contributed by atoms with E-state index < -0.39 is 16.1 Å². The molecule has 0 aromatic heterocycles. The van der Waals surface area contributed by atoms with Crippen LogP contribution in [0.2, 0.25) is 0 Å². The average Bonchev–Trinajstić information content (AvgIpc) is 2.56. The molecule has 0 heterocycles. The second-order valence-electron chi connectivity index (χ2n) is 5.67. The minimum atomic E-state index is -3.90. The first-order valence-corrected chi connectivity index (χ1v) is 9.55. The lowest BCUT2D eigenvalue weighted by atomic mass is 10.2. The molecule has 2 N–H and O–H groups in total. The summed E-state index contributed by atoms with van der Waals surface area (Å²) in [4.78, 5) is 11.9. The summed E-state index contributed by atoms with van der Waals surface area (Å²) in [5.41, 5.74) is 1.83. The SMILES string of the molecule is CCC(=Cc1cccc(OC)c1)S(=O)(=O)NC(=O)NCCC=C(C)C. The van der Waals surface area contributed by atoms with E-state index in [9.17, 15) is 13.2 Å². The molecule has 1 aromatic rings. The fraction of sp³-hybridized carbons (Fsp3) is 0.389. The quantitative estimate of drug-likeness (QED) is 0.545. The van der Waals surface area contributed by atoms with Gasteiger partial charge in [0.2, 0.25) is 0 Å². The van der Waals surface area contributed by atoms with Crippen LogP contribution in [0, 0.1) is 0 Å². The zero-order chi connectivity index (χ0) is 18.9. The van der Waals surface area contributed by atoms with Crippen molar-refractivity contribution in [2.24, 2.45) is 0 Å². The highest BCUT2D eigenvalue weighted by Gasteiger charge is 2.19. The fourth-order valence-electron chi connectivity index (χ4n) is 2.06. The van der Waals surface area contributed by atoms with Gasteiger partial charge in [-0.15, -0.1) is 0 Å². The van der Waals surface area contributed by atoms with Crippen molar-refractivity contribution in [2.45, 2.75) is 33.6 Å². The van der Waals surface area contributed by atoms with Gasteiger partial charge < -0.3 is 10.1 Å². The number of urea groups is 1. The van der Waals surface area contributed by atoms with Crippen LogP contribution in [0.1, 0.15) is 39.2 Å². The molecule has 0 fully saturated rings. The van der Waals surface area contributed by atoms with Gasteiger partial charge in [0.1, 0.15) is 5.75 Å². The maximum atomic E-state index is 12.4. The molecule has 0 aliphatic rings. The summed E-state index contributed by atoms with van der Waals surface area (Å²) in [6.45, 7) is 6.01. The number of hydrogen-bond donors (Lipinski definition) is 2. The largest absolute Gasteiger partial charge is 0.497 e. The summed E-state index contributed by atoms with van der Waals surface area (Å²) in [5.74, 6) is 0.631. The van der Waals surface area contributed by atoms with Gasteiger partial charge >= 0.3 is 6.03 Å². The molecular weight excluding hydrogens is 340 g/mol. The zero-order valence-electron chi connectivity index (χ0n) is 15.1. The summed E-state index contributed by atoms with van der Waals surface area (Å²) in [7, 11) is -2.36. The van der Waals surface area contributed by atoms with Crippen LogP contribution in [0.5, 0.6) is 5.75 Å². The molecule has 1 aromatic carbocycles. The number of amides is 2. The van der Waals surface area contributed by atoms with Crippen LogP contribution < -0.4 is 14.8 Å². The Morgan fingerprint density at radius 3 is 2.60 bits per heavy atom. The molecule has 0 radical (unpaired) electrons. The van der Waals surface area contributed by atoms with E-state index in [-0.39, 0.29) is 11.3 Å². The van der Waals surface area contributed by atoms with E-state index in [2.05, 4.69) is 5.32 Å². The van der Waals surface area contributed by atoms with E-state index in [1.807, 2.05) is 24.6 Å². The van der Waals surface area contributed by atoms with Crippen LogP contribution in [-0.2, 0) is 10.0 Å². The second kappa shape index (κ2) is 9.88. The molecule has 0 saturated carbocycles. The highest BCUT2D eigenvalue weighted by Crippen LogP contribution is 2.19. The van der Waals surface area contributed by atoms with E-state index in [4.69, 9.17) is 4.74 Å². The molecule has 2 amide bonds. The van der Waals surface area contributed by atoms with Gasteiger partial charge in [-0.2, -0.15) is 0 Å². The summed E-state index contributed by atoms with van der Waals surface area (Å²) in [5, 5.41) is 2.53. The van der Waals surface area contributed by atoms with Gasteiger partial charge in [0.25, 0.3) is 10.0 Å². The van der Waals surface area contributed by atoms with Crippen LogP contribution in [-0.4, -0.2) is 28.1 Å². The standard InChI is InChI=1S/C18H26N2O4S/c1-5-17(13-15-9-6-10-16(12-15)24-4)25(22,23)20-18(21)19-11-7-8-14(2)3/h6,8-10,12-13H,5,7,11H2,1-4H3,(H2,19,20,21). The van der Waals surface area contributed by atoms with Gasteiger partial charge in [0.15, 0.2) is 0 Å². The number of rotatable bonds is 8. The molecule has 6 nitrogen and oxygen atoms in total. The van der Waals surface area contributed by atoms with Crippen LogP contribution >= 0.6 is 0 Å². The fourth-order valence-corrected chi connectivity index (χ4v) is 3.18. The van der Waals surface area contributed by atoms with Crippen molar-refractivity contribution in [2.75, 3.05) is 13.7 Å². The third-order valence-corrected chi connectivity index (χ3v) is 4.88. The van der Waals surface area contributed by atoms with Gasteiger partial charge in [-0.05, 0) is 50.5 Å². The molecule has 0 bridgehead atoms. The topological polar surface area (TPSA) is 84.5 Å². The van der Waals surface area contributed by atoms with Crippen molar-refractivity contribution in [3.63, 3.8) is 0 Å². The molecule has 25 heavy (non-hydrogen) atoms. The lowest BCUT2D eigenvalue weighted by Gasteiger charge is -2.10. The van der Waals surface area contributed by atoms with E-state index in [0.29, 0.717) is 24.3 Å². The van der Waals surface area contributed by atoms with Crippen LogP contribution in [0.3, 0.4) is 0 Å². The summed E-state index contributed by atoms with van der Waals surface area (Å²) in [6.07, 6.45) is 4.41. The predicted molar refractivity (Wildman–Crippen MR) is 101 cm³/mol. The van der Waals surface area contributed by atoms with E-state index in [1.54, 1.807) is 38.3 Å². The van der Waals surface area contributed by atoms with Crippen molar-refractivity contribution in [1.82, 2.24) is 10.0 Å². The van der Waals surface area contributed by atoms with Crippen molar-refractivity contribution < 1.29 is 17.9 Å². The smallest absolute Gasteiger partial charge is 0.328 e. The number of sulfonamides is 1. The van der Waals surface area contributed by atoms with E-state index in [1.165, 1.54) is 6.08 Å². The monoisotopic (exact) mass is 366 g/mol. The number of allylic oxidation sites excluding steroid dienone is 2. The Bertz CT molecular complexity index is 748. The minimum absolute atomic E-state index is 0.125. The van der Waals surface area contributed by atoms with Gasteiger partial charge in [-0.3, -0.25) is 0 Å². The Morgan fingerprint density at radius 1 is 1.28 bits per heavy atom. The Morgan fingerprint density at radius 2 is 2.00 bits per heavy atom. The van der Waals surface area contributed by atoms with Crippen molar-refractivity contribution in [3.05, 3.63) is 46.4 Å². The lowest BCUT2D eigenvalue weighted by Crippen LogP contribution is -2.40. The number of ether oxygens (including phenoxy) is 1. The normalized spacial score (nSPS) is 11.6. The Labute approximate surface area is 150 Å². The summed E-state index contributed by atoms with van der Waals surface area (Å²) in [6, 6.07) is 6.31. The third-order valence-electron chi connectivity index (χ3n) is 3.32. The first kappa shape index (κ1) is 20.8. The highest BCUT2D eigenvalue weighted by atomic mass is 32.2. The molecule has 7 heteroatoms. The number of nitrogens with one attached hydrogen (secondary N) is 2. The third kappa shape index (κ3) is 7.43. The van der Waals surface area contributed by atoms with Gasteiger partial charge in [-0.1, -0.05) is 30.7 Å². The van der Waals surface area contributed by atoms with Gasteiger partial charge in [0.05, 0.1) is 12.0 Å². The van der Waals surface area contributed by atoms with E-state index >= 15 is 0 Å². The molecule has 138 valence electrons. The summed E-state index contributed by atoms with van der Waals surface area (Å²) < 4.78 is 32.0. The van der Waals surface area contributed by atoms with Crippen LogP contribution in [0.15, 0.2) is 40.8 Å². The lowest BCUT2D eigenvalue weighted by molar-refractivity contribution is 0.246. The maximum Gasteiger partial charge on any atom is 0.328 e. The van der Waals surface area contributed by atoms with Crippen molar-refractivity contribution >= 4 is 22.1 Å². The minimum Gasteiger partial charge on any atom is -0.497 e.